The molecule has 130 valence electrons. The second-order valence-corrected chi connectivity index (χ2v) is 5.78. The SMILES string of the molecule is COc1ccc(NC(=O)C=Cc2ccc(C(C)C)cc2)c([N+](=O)[O-])c1. The Hall–Kier alpha value is -3.15. The molecule has 0 saturated carbocycles. The zero-order chi connectivity index (χ0) is 18.4. The van der Waals surface area contributed by atoms with Gasteiger partial charge in [-0.05, 0) is 35.3 Å². The molecular formula is C19H20N2O4. The third kappa shape index (κ3) is 4.91. The van der Waals surface area contributed by atoms with Gasteiger partial charge in [-0.15, -0.1) is 0 Å². The molecule has 6 heteroatoms. The number of carbonyl (C=O) groups excluding carboxylic acids is 1. The van der Waals surface area contributed by atoms with Gasteiger partial charge in [0.25, 0.3) is 5.69 Å². The summed E-state index contributed by atoms with van der Waals surface area (Å²) < 4.78 is 4.97. The number of nitrogens with zero attached hydrogens (tertiary/aromatic N) is 1. The Kier molecular flexibility index (Phi) is 5.89. The molecule has 0 aliphatic rings. The van der Waals surface area contributed by atoms with E-state index in [0.29, 0.717) is 11.7 Å². The van der Waals surface area contributed by atoms with Crippen LogP contribution in [0.15, 0.2) is 48.5 Å². The number of nitro groups is 1. The lowest BCUT2D eigenvalue weighted by Crippen LogP contribution is -2.09. The lowest BCUT2D eigenvalue weighted by molar-refractivity contribution is -0.384. The first-order chi connectivity index (χ1) is 11.9. The normalized spacial score (nSPS) is 10.9. The summed E-state index contributed by atoms with van der Waals surface area (Å²) in [6, 6.07) is 12.1. The molecule has 0 aliphatic carbocycles. The van der Waals surface area contributed by atoms with E-state index in [4.69, 9.17) is 4.74 Å². The average molecular weight is 340 g/mol. The second kappa shape index (κ2) is 8.10. The molecule has 6 nitrogen and oxygen atoms in total. The van der Waals surface area contributed by atoms with E-state index in [1.54, 1.807) is 12.1 Å². The van der Waals surface area contributed by atoms with Gasteiger partial charge in [0.05, 0.1) is 18.1 Å². The van der Waals surface area contributed by atoms with Gasteiger partial charge in [0.2, 0.25) is 5.91 Å². The predicted molar refractivity (Wildman–Crippen MR) is 97.8 cm³/mol. The van der Waals surface area contributed by atoms with E-state index in [0.717, 1.165) is 5.56 Å². The Morgan fingerprint density at radius 2 is 1.88 bits per heavy atom. The predicted octanol–water partition coefficient (Wildman–Crippen LogP) is 4.38. The van der Waals surface area contributed by atoms with Crippen LogP contribution in [0.2, 0.25) is 0 Å². The Morgan fingerprint density at radius 1 is 1.20 bits per heavy atom. The van der Waals surface area contributed by atoms with Crippen LogP contribution in [0.1, 0.15) is 30.9 Å². The average Bonchev–Trinajstić information content (AvgIpc) is 2.60. The first kappa shape index (κ1) is 18.2. The minimum Gasteiger partial charge on any atom is -0.496 e. The smallest absolute Gasteiger partial charge is 0.296 e. The van der Waals surface area contributed by atoms with Crippen LogP contribution in [0.3, 0.4) is 0 Å². The number of hydrogen-bond acceptors (Lipinski definition) is 4. The number of nitrogens with one attached hydrogen (secondary N) is 1. The first-order valence-electron chi connectivity index (χ1n) is 7.82. The van der Waals surface area contributed by atoms with Crippen LogP contribution in [-0.4, -0.2) is 17.9 Å². The van der Waals surface area contributed by atoms with Crippen LogP contribution in [0, 0.1) is 10.1 Å². The van der Waals surface area contributed by atoms with Crippen LogP contribution >= 0.6 is 0 Å². The molecule has 0 radical (unpaired) electrons. The maximum Gasteiger partial charge on any atom is 0.296 e. The summed E-state index contributed by atoms with van der Waals surface area (Å²) >= 11 is 0. The van der Waals surface area contributed by atoms with Gasteiger partial charge in [-0.3, -0.25) is 14.9 Å². The van der Waals surface area contributed by atoms with Gasteiger partial charge in [0, 0.05) is 6.08 Å². The molecule has 0 unspecified atom stereocenters. The summed E-state index contributed by atoms with van der Waals surface area (Å²) in [5, 5.41) is 13.6. The molecule has 2 aromatic rings. The van der Waals surface area contributed by atoms with Crippen LogP contribution in [-0.2, 0) is 4.79 Å². The molecule has 1 amide bonds. The first-order valence-corrected chi connectivity index (χ1v) is 7.82. The highest BCUT2D eigenvalue weighted by atomic mass is 16.6. The number of carbonyl (C=O) groups is 1. The number of ether oxygens (including phenoxy) is 1. The van der Waals surface area contributed by atoms with Crippen LogP contribution < -0.4 is 10.1 Å². The van der Waals surface area contributed by atoms with Gasteiger partial charge < -0.3 is 10.1 Å². The highest BCUT2D eigenvalue weighted by Crippen LogP contribution is 2.28. The van der Waals surface area contributed by atoms with Gasteiger partial charge in [-0.1, -0.05) is 38.1 Å². The van der Waals surface area contributed by atoms with Gasteiger partial charge in [0.15, 0.2) is 0 Å². The Labute approximate surface area is 146 Å². The molecular weight excluding hydrogens is 320 g/mol. The third-order valence-corrected chi connectivity index (χ3v) is 3.69. The number of methoxy groups -OCH3 is 1. The molecule has 0 aliphatic heterocycles. The van der Waals surface area contributed by atoms with Crippen molar-refractivity contribution in [2.24, 2.45) is 0 Å². The van der Waals surface area contributed by atoms with Crippen molar-refractivity contribution in [3.63, 3.8) is 0 Å². The minimum absolute atomic E-state index is 0.121. The Morgan fingerprint density at radius 3 is 2.44 bits per heavy atom. The van der Waals surface area contributed by atoms with Crippen molar-refractivity contribution >= 4 is 23.4 Å². The maximum atomic E-state index is 12.0. The van der Waals surface area contributed by atoms with Crippen molar-refractivity contribution in [1.82, 2.24) is 0 Å². The fourth-order valence-electron chi connectivity index (χ4n) is 2.23. The van der Waals surface area contributed by atoms with Gasteiger partial charge in [-0.25, -0.2) is 0 Å². The monoisotopic (exact) mass is 340 g/mol. The maximum absolute atomic E-state index is 12.0. The zero-order valence-electron chi connectivity index (χ0n) is 14.4. The zero-order valence-corrected chi connectivity index (χ0v) is 14.4. The fourth-order valence-corrected chi connectivity index (χ4v) is 2.23. The van der Waals surface area contributed by atoms with E-state index >= 15 is 0 Å². The number of rotatable bonds is 6. The Bertz CT molecular complexity index is 796. The molecule has 0 bridgehead atoms. The number of hydrogen-bond donors (Lipinski definition) is 1. The van der Waals surface area contributed by atoms with E-state index in [1.165, 1.54) is 30.9 Å². The van der Waals surface area contributed by atoms with Crippen molar-refractivity contribution in [3.05, 3.63) is 69.8 Å². The second-order valence-electron chi connectivity index (χ2n) is 5.78. The van der Waals surface area contributed by atoms with Crippen molar-refractivity contribution in [3.8, 4) is 5.75 Å². The number of nitro benzene ring substituents is 1. The highest BCUT2D eigenvalue weighted by Gasteiger charge is 2.16. The fraction of sp³-hybridized carbons (Fsp3) is 0.211. The van der Waals surface area contributed by atoms with Crippen molar-refractivity contribution in [2.45, 2.75) is 19.8 Å². The van der Waals surface area contributed by atoms with Crippen LogP contribution in [0.25, 0.3) is 6.08 Å². The molecule has 0 saturated heterocycles. The molecule has 2 rings (SSSR count). The molecule has 0 heterocycles. The molecule has 0 spiro atoms. The largest absolute Gasteiger partial charge is 0.496 e. The van der Waals surface area contributed by atoms with E-state index in [9.17, 15) is 14.9 Å². The standard InChI is InChI=1S/C19H20N2O4/c1-13(2)15-7-4-14(5-8-15)6-11-19(22)20-17-10-9-16(25-3)12-18(17)21(23)24/h4-13H,1-3H3,(H,20,22). The molecule has 0 fully saturated rings. The van der Waals surface area contributed by atoms with Crippen molar-refractivity contribution in [2.75, 3.05) is 12.4 Å². The van der Waals surface area contributed by atoms with Crippen molar-refractivity contribution < 1.29 is 14.5 Å². The molecule has 25 heavy (non-hydrogen) atoms. The summed E-state index contributed by atoms with van der Waals surface area (Å²) in [7, 11) is 1.42. The number of anilines is 1. The van der Waals surface area contributed by atoms with Gasteiger partial charge >= 0.3 is 0 Å². The van der Waals surface area contributed by atoms with E-state index in [2.05, 4.69) is 19.2 Å². The Balaban J connectivity index is 2.10. The van der Waals surface area contributed by atoms with E-state index in [-0.39, 0.29) is 11.4 Å². The summed E-state index contributed by atoms with van der Waals surface area (Å²) in [5.41, 5.74) is 2.00. The van der Waals surface area contributed by atoms with E-state index in [1.807, 2.05) is 24.3 Å². The third-order valence-electron chi connectivity index (χ3n) is 3.69. The topological polar surface area (TPSA) is 81.5 Å². The molecule has 1 N–H and O–H groups in total. The summed E-state index contributed by atoms with van der Waals surface area (Å²) in [5.74, 6) is 0.351. The summed E-state index contributed by atoms with van der Waals surface area (Å²) in [6.07, 6.45) is 3.01. The van der Waals surface area contributed by atoms with Crippen LogP contribution in [0.4, 0.5) is 11.4 Å². The minimum atomic E-state index is -0.563. The lowest BCUT2D eigenvalue weighted by atomic mass is 10.0. The molecule has 0 atom stereocenters. The number of benzene rings is 2. The summed E-state index contributed by atoms with van der Waals surface area (Å²) in [4.78, 5) is 22.6. The summed E-state index contributed by atoms with van der Waals surface area (Å²) in [6.45, 7) is 4.22. The number of amides is 1. The van der Waals surface area contributed by atoms with Crippen molar-refractivity contribution in [1.29, 1.82) is 0 Å². The van der Waals surface area contributed by atoms with E-state index < -0.39 is 10.8 Å². The lowest BCUT2D eigenvalue weighted by Gasteiger charge is -2.06. The quantitative estimate of drug-likeness (QED) is 0.481. The highest BCUT2D eigenvalue weighted by molar-refractivity contribution is 6.03. The molecule has 2 aromatic carbocycles. The van der Waals surface area contributed by atoms with Gasteiger partial charge in [-0.2, -0.15) is 0 Å². The molecule has 0 aromatic heterocycles. The van der Waals surface area contributed by atoms with Crippen LogP contribution in [0.5, 0.6) is 5.75 Å². The van der Waals surface area contributed by atoms with Gasteiger partial charge in [0.1, 0.15) is 11.4 Å².